The van der Waals surface area contributed by atoms with Crippen molar-refractivity contribution < 1.29 is 9.21 Å². The first kappa shape index (κ1) is 17.9. The summed E-state index contributed by atoms with van der Waals surface area (Å²) in [4.78, 5) is 17.0. The third-order valence-electron chi connectivity index (χ3n) is 7.04. The number of oxazole rings is 1. The van der Waals surface area contributed by atoms with E-state index in [4.69, 9.17) is 16.0 Å². The van der Waals surface area contributed by atoms with E-state index in [1.807, 2.05) is 6.07 Å². The van der Waals surface area contributed by atoms with Gasteiger partial charge in [0.2, 0.25) is 5.91 Å². The van der Waals surface area contributed by atoms with Gasteiger partial charge in [-0.2, -0.15) is 0 Å². The van der Waals surface area contributed by atoms with Gasteiger partial charge in [0.05, 0.1) is 5.75 Å². The van der Waals surface area contributed by atoms with Crippen LogP contribution in [0.3, 0.4) is 0 Å². The molecule has 144 valence electrons. The van der Waals surface area contributed by atoms with Gasteiger partial charge in [0.1, 0.15) is 5.52 Å². The predicted molar refractivity (Wildman–Crippen MR) is 108 cm³/mol. The lowest BCUT2D eigenvalue weighted by Crippen LogP contribution is -2.56. The molecule has 4 nitrogen and oxygen atoms in total. The van der Waals surface area contributed by atoms with E-state index in [0.29, 0.717) is 27.0 Å². The van der Waals surface area contributed by atoms with Gasteiger partial charge in [-0.15, -0.1) is 0 Å². The van der Waals surface area contributed by atoms with Crippen molar-refractivity contribution in [2.45, 2.75) is 56.7 Å². The number of carbonyl (C=O) groups excluding carboxylic acids is 1. The number of hydrogen-bond donors (Lipinski definition) is 1. The summed E-state index contributed by atoms with van der Waals surface area (Å²) in [6.07, 6.45) is 8.20. The molecule has 6 heteroatoms. The molecule has 1 aromatic carbocycles. The molecule has 0 unspecified atom stereocenters. The second-order valence-corrected chi connectivity index (χ2v) is 10.3. The SMILES string of the molecule is C[C@H](NC(=O)CSc1nc2cc(Cl)ccc2o1)C12CC3CC(CC(C3)C1)C2. The van der Waals surface area contributed by atoms with Crippen molar-refractivity contribution in [1.82, 2.24) is 10.3 Å². The normalized spacial score (nSPS) is 32.7. The molecule has 0 radical (unpaired) electrons. The van der Waals surface area contributed by atoms with Crippen molar-refractivity contribution in [3.8, 4) is 0 Å². The molecule has 0 aliphatic heterocycles. The third-order valence-corrected chi connectivity index (χ3v) is 8.10. The van der Waals surface area contributed by atoms with E-state index >= 15 is 0 Å². The van der Waals surface area contributed by atoms with Crippen molar-refractivity contribution >= 4 is 40.4 Å². The van der Waals surface area contributed by atoms with Crippen LogP contribution in [0.15, 0.2) is 27.8 Å². The maximum absolute atomic E-state index is 12.6. The summed E-state index contributed by atoms with van der Waals surface area (Å²) >= 11 is 7.34. The van der Waals surface area contributed by atoms with Crippen molar-refractivity contribution in [2.24, 2.45) is 23.2 Å². The molecular weight excluding hydrogens is 380 g/mol. The molecule has 27 heavy (non-hydrogen) atoms. The Hall–Kier alpha value is -1.20. The van der Waals surface area contributed by atoms with Gasteiger partial charge in [-0.3, -0.25) is 4.79 Å². The number of nitrogens with zero attached hydrogens (tertiary/aromatic N) is 1. The third kappa shape index (κ3) is 3.38. The monoisotopic (exact) mass is 404 g/mol. The minimum absolute atomic E-state index is 0.0727. The highest BCUT2D eigenvalue weighted by Crippen LogP contribution is 2.61. The number of fused-ring (bicyclic) bond motifs is 1. The van der Waals surface area contributed by atoms with Gasteiger partial charge in [0, 0.05) is 11.1 Å². The van der Waals surface area contributed by atoms with Crippen molar-refractivity contribution in [2.75, 3.05) is 5.75 Å². The van der Waals surface area contributed by atoms with Crippen molar-refractivity contribution in [3.05, 3.63) is 23.2 Å². The Balaban J connectivity index is 1.20. The molecule has 4 fully saturated rings. The zero-order chi connectivity index (χ0) is 18.6. The van der Waals surface area contributed by atoms with Crippen LogP contribution >= 0.6 is 23.4 Å². The Labute approximate surface area is 168 Å². The number of aromatic nitrogens is 1. The Morgan fingerprint density at radius 2 is 1.96 bits per heavy atom. The number of carbonyl (C=O) groups is 1. The van der Waals surface area contributed by atoms with Crippen LogP contribution in [0.25, 0.3) is 11.1 Å². The molecule has 1 atom stereocenters. The number of thioether (sulfide) groups is 1. The van der Waals surface area contributed by atoms with Crippen LogP contribution in [0, 0.1) is 23.2 Å². The molecular formula is C21H25ClN2O2S. The van der Waals surface area contributed by atoms with Crippen LogP contribution in [0.2, 0.25) is 5.02 Å². The summed E-state index contributed by atoms with van der Waals surface area (Å²) in [7, 11) is 0. The smallest absolute Gasteiger partial charge is 0.257 e. The highest BCUT2D eigenvalue weighted by molar-refractivity contribution is 7.99. The Bertz CT molecular complexity index is 845. The van der Waals surface area contributed by atoms with E-state index < -0.39 is 0 Å². The lowest BCUT2D eigenvalue weighted by molar-refractivity contribution is -0.123. The number of halogens is 1. The number of hydrogen-bond acceptors (Lipinski definition) is 4. The number of rotatable bonds is 5. The second kappa shape index (κ2) is 6.70. The first-order valence-electron chi connectivity index (χ1n) is 9.97. The van der Waals surface area contributed by atoms with E-state index in [1.54, 1.807) is 12.1 Å². The van der Waals surface area contributed by atoms with Gasteiger partial charge < -0.3 is 9.73 Å². The van der Waals surface area contributed by atoms with Crippen LogP contribution in [-0.2, 0) is 4.79 Å². The van der Waals surface area contributed by atoms with Crippen molar-refractivity contribution in [1.29, 1.82) is 0 Å². The molecule has 4 bridgehead atoms. The summed E-state index contributed by atoms with van der Waals surface area (Å²) < 4.78 is 5.69. The van der Waals surface area contributed by atoms with Gasteiger partial charge in [-0.05, 0) is 86.8 Å². The fraction of sp³-hybridized carbons (Fsp3) is 0.619. The molecule has 6 rings (SSSR count). The number of benzene rings is 1. The standard InChI is InChI=1S/C21H25ClN2O2S/c1-12(21-8-13-4-14(9-21)6-15(5-13)10-21)23-19(25)11-27-20-24-17-7-16(22)2-3-18(17)26-20/h2-3,7,12-15H,4-6,8-11H2,1H3,(H,23,25)/t12-,13?,14?,15?,21?/m0/s1. The largest absolute Gasteiger partial charge is 0.431 e. The fourth-order valence-electron chi connectivity index (χ4n) is 6.21. The Morgan fingerprint density at radius 3 is 2.63 bits per heavy atom. The summed E-state index contributed by atoms with van der Waals surface area (Å²) in [5, 5.41) is 4.45. The molecule has 2 aromatic rings. The zero-order valence-electron chi connectivity index (χ0n) is 15.5. The van der Waals surface area contributed by atoms with Gasteiger partial charge in [0.25, 0.3) is 5.22 Å². The lowest BCUT2D eigenvalue weighted by Gasteiger charge is -2.59. The first-order valence-corrected chi connectivity index (χ1v) is 11.3. The molecule has 4 saturated carbocycles. The van der Waals surface area contributed by atoms with Gasteiger partial charge >= 0.3 is 0 Å². The average Bonchev–Trinajstić information content (AvgIpc) is 3.01. The quantitative estimate of drug-likeness (QED) is 0.687. The molecule has 4 aliphatic rings. The van der Waals surface area contributed by atoms with E-state index in [9.17, 15) is 4.79 Å². The van der Waals surface area contributed by atoms with Crippen LogP contribution in [-0.4, -0.2) is 22.7 Å². The maximum atomic E-state index is 12.6. The highest BCUT2D eigenvalue weighted by atomic mass is 35.5. The Morgan fingerprint density at radius 1 is 1.30 bits per heavy atom. The Kier molecular flexibility index (Phi) is 4.43. The van der Waals surface area contributed by atoms with E-state index in [0.717, 1.165) is 23.3 Å². The molecule has 1 amide bonds. The second-order valence-electron chi connectivity index (χ2n) is 8.95. The van der Waals surface area contributed by atoms with Gasteiger partial charge in [-0.25, -0.2) is 4.98 Å². The fourth-order valence-corrected chi connectivity index (χ4v) is 7.03. The van der Waals surface area contributed by atoms with Crippen LogP contribution in [0.5, 0.6) is 0 Å². The van der Waals surface area contributed by atoms with Crippen LogP contribution in [0.4, 0.5) is 0 Å². The minimum atomic E-state index is 0.0727. The minimum Gasteiger partial charge on any atom is -0.431 e. The van der Waals surface area contributed by atoms with E-state index in [-0.39, 0.29) is 11.9 Å². The van der Waals surface area contributed by atoms with E-state index in [1.165, 1.54) is 50.3 Å². The van der Waals surface area contributed by atoms with Crippen LogP contribution in [0.1, 0.15) is 45.4 Å². The van der Waals surface area contributed by atoms with Crippen molar-refractivity contribution in [3.63, 3.8) is 0 Å². The van der Waals surface area contributed by atoms with Crippen LogP contribution < -0.4 is 5.32 Å². The number of nitrogens with one attached hydrogen (secondary N) is 1. The molecule has 1 heterocycles. The first-order chi connectivity index (χ1) is 13.0. The van der Waals surface area contributed by atoms with Gasteiger partial charge in [0.15, 0.2) is 5.58 Å². The average molecular weight is 405 g/mol. The lowest BCUT2D eigenvalue weighted by atomic mass is 9.48. The predicted octanol–water partition coefficient (Wildman–Crippen LogP) is 5.29. The van der Waals surface area contributed by atoms with Gasteiger partial charge in [-0.1, -0.05) is 23.4 Å². The maximum Gasteiger partial charge on any atom is 0.257 e. The topological polar surface area (TPSA) is 55.1 Å². The highest BCUT2D eigenvalue weighted by Gasteiger charge is 2.53. The molecule has 1 N–H and O–H groups in total. The molecule has 4 aliphatic carbocycles. The summed E-state index contributed by atoms with van der Waals surface area (Å²) in [6, 6.07) is 5.62. The summed E-state index contributed by atoms with van der Waals surface area (Å²) in [6.45, 7) is 2.22. The summed E-state index contributed by atoms with van der Waals surface area (Å²) in [5.41, 5.74) is 1.76. The summed E-state index contributed by atoms with van der Waals surface area (Å²) in [5.74, 6) is 3.10. The van der Waals surface area contributed by atoms with E-state index in [2.05, 4.69) is 17.2 Å². The zero-order valence-corrected chi connectivity index (χ0v) is 17.1. The molecule has 0 spiro atoms. The molecule has 1 aromatic heterocycles. The number of amides is 1. The molecule has 0 saturated heterocycles.